The van der Waals surface area contributed by atoms with Gasteiger partial charge in [0, 0.05) is 5.57 Å². The first-order valence-corrected chi connectivity index (χ1v) is 4.75. The number of ether oxygens (including phenoxy) is 1. The molecule has 0 atom stereocenters. The smallest absolute Gasteiger partial charge is 0.334 e. The zero-order valence-electron chi connectivity index (χ0n) is 8.77. The van der Waals surface area contributed by atoms with Crippen molar-refractivity contribution in [1.82, 2.24) is 0 Å². The van der Waals surface area contributed by atoms with Gasteiger partial charge in [0.1, 0.15) is 6.61 Å². The van der Waals surface area contributed by atoms with Gasteiger partial charge in [0.05, 0.1) is 0 Å². The van der Waals surface area contributed by atoms with Crippen LogP contribution in [-0.2, 0) is 9.53 Å². The average Bonchev–Trinajstić information content (AvgIpc) is 2.27. The Bertz CT molecular complexity index is 363. The monoisotopic (exact) mass is 202 g/mol. The van der Waals surface area contributed by atoms with E-state index in [4.69, 9.17) is 4.74 Å². The zero-order chi connectivity index (χ0) is 11.1. The third-order valence-corrected chi connectivity index (χ3v) is 1.84. The molecule has 2 nitrogen and oxygen atoms in total. The minimum absolute atomic E-state index is 0.249. The van der Waals surface area contributed by atoms with Gasteiger partial charge in [-0.3, -0.25) is 0 Å². The lowest BCUT2D eigenvalue weighted by Gasteiger charge is -2.01. The highest BCUT2D eigenvalue weighted by atomic mass is 16.5. The maximum Gasteiger partial charge on any atom is 0.334 e. The van der Waals surface area contributed by atoms with Gasteiger partial charge in [-0.2, -0.15) is 0 Å². The summed E-state index contributed by atoms with van der Waals surface area (Å²) in [5, 5.41) is 0. The van der Waals surface area contributed by atoms with E-state index in [1.165, 1.54) is 0 Å². The van der Waals surface area contributed by atoms with Crippen molar-refractivity contribution < 1.29 is 9.53 Å². The second-order valence-corrected chi connectivity index (χ2v) is 3.13. The SMILES string of the molecule is C=CCOC(=O)C(C)=Cc1ccccc1. The number of carbonyl (C=O) groups is 1. The normalized spacial score (nSPS) is 10.9. The summed E-state index contributed by atoms with van der Waals surface area (Å²) < 4.78 is 4.90. The summed E-state index contributed by atoms with van der Waals surface area (Å²) in [6.07, 6.45) is 3.35. The molecule has 0 radical (unpaired) electrons. The molecule has 0 aromatic heterocycles. The maximum absolute atomic E-state index is 11.4. The van der Waals surface area contributed by atoms with Crippen LogP contribution in [0.1, 0.15) is 12.5 Å². The van der Waals surface area contributed by atoms with Gasteiger partial charge >= 0.3 is 5.97 Å². The van der Waals surface area contributed by atoms with Crippen LogP contribution in [0.5, 0.6) is 0 Å². The molecule has 0 amide bonds. The molecule has 2 heteroatoms. The summed E-state index contributed by atoms with van der Waals surface area (Å²) >= 11 is 0. The van der Waals surface area contributed by atoms with Gasteiger partial charge in [0.15, 0.2) is 0 Å². The Morgan fingerprint density at radius 1 is 1.40 bits per heavy atom. The first kappa shape index (κ1) is 11.2. The molecular weight excluding hydrogens is 188 g/mol. The molecule has 0 saturated heterocycles. The summed E-state index contributed by atoms with van der Waals surface area (Å²) in [5.41, 5.74) is 1.58. The van der Waals surface area contributed by atoms with E-state index in [9.17, 15) is 4.79 Å². The summed E-state index contributed by atoms with van der Waals surface area (Å²) in [5.74, 6) is -0.307. The molecule has 0 saturated carbocycles. The van der Waals surface area contributed by atoms with E-state index in [0.717, 1.165) is 5.56 Å². The van der Waals surface area contributed by atoms with Crippen molar-refractivity contribution in [2.45, 2.75) is 6.92 Å². The summed E-state index contributed by atoms with van der Waals surface area (Å²) in [6, 6.07) is 9.65. The Balaban J connectivity index is 2.67. The summed E-state index contributed by atoms with van der Waals surface area (Å²) in [4.78, 5) is 11.4. The molecule has 0 aliphatic carbocycles. The van der Waals surface area contributed by atoms with Crippen LogP contribution in [0.25, 0.3) is 6.08 Å². The van der Waals surface area contributed by atoms with Gasteiger partial charge in [-0.1, -0.05) is 43.0 Å². The third-order valence-electron chi connectivity index (χ3n) is 1.84. The lowest BCUT2D eigenvalue weighted by atomic mass is 10.1. The Morgan fingerprint density at radius 2 is 2.07 bits per heavy atom. The van der Waals surface area contributed by atoms with Crippen molar-refractivity contribution in [2.24, 2.45) is 0 Å². The molecule has 1 aromatic carbocycles. The average molecular weight is 202 g/mol. The largest absolute Gasteiger partial charge is 0.458 e. The number of benzene rings is 1. The van der Waals surface area contributed by atoms with Crippen LogP contribution in [-0.4, -0.2) is 12.6 Å². The first-order valence-electron chi connectivity index (χ1n) is 4.75. The molecule has 0 aliphatic heterocycles. The molecule has 1 rings (SSSR count). The van der Waals surface area contributed by atoms with E-state index in [0.29, 0.717) is 5.57 Å². The lowest BCUT2D eigenvalue weighted by Crippen LogP contribution is -2.05. The van der Waals surface area contributed by atoms with E-state index in [1.54, 1.807) is 19.1 Å². The highest BCUT2D eigenvalue weighted by Gasteiger charge is 2.03. The predicted octanol–water partition coefficient (Wildman–Crippen LogP) is 2.82. The molecule has 0 spiro atoms. The molecule has 0 N–H and O–H groups in total. The predicted molar refractivity (Wildman–Crippen MR) is 61.2 cm³/mol. The zero-order valence-corrected chi connectivity index (χ0v) is 8.77. The molecule has 0 heterocycles. The van der Waals surface area contributed by atoms with Crippen molar-refractivity contribution in [3.05, 3.63) is 54.1 Å². The number of esters is 1. The molecule has 0 bridgehead atoms. The van der Waals surface area contributed by atoms with Crippen molar-refractivity contribution >= 4 is 12.0 Å². The van der Waals surface area contributed by atoms with Crippen LogP contribution in [0.2, 0.25) is 0 Å². The molecule has 78 valence electrons. The Hall–Kier alpha value is -1.83. The van der Waals surface area contributed by atoms with E-state index < -0.39 is 0 Å². The quantitative estimate of drug-likeness (QED) is 0.426. The van der Waals surface area contributed by atoms with E-state index >= 15 is 0 Å². The van der Waals surface area contributed by atoms with Crippen LogP contribution in [0, 0.1) is 0 Å². The minimum Gasteiger partial charge on any atom is -0.458 e. The first-order chi connectivity index (χ1) is 7.24. The molecule has 0 unspecified atom stereocenters. The standard InChI is InChI=1S/C13H14O2/c1-3-9-15-13(14)11(2)10-12-7-5-4-6-8-12/h3-8,10H,1,9H2,2H3. The fourth-order valence-corrected chi connectivity index (χ4v) is 1.11. The van der Waals surface area contributed by atoms with Crippen molar-refractivity contribution in [3.8, 4) is 0 Å². The lowest BCUT2D eigenvalue weighted by molar-refractivity contribution is -0.137. The Morgan fingerprint density at radius 3 is 2.67 bits per heavy atom. The highest BCUT2D eigenvalue weighted by Crippen LogP contribution is 2.07. The van der Waals surface area contributed by atoms with Crippen LogP contribution in [0.3, 0.4) is 0 Å². The molecule has 1 aromatic rings. The number of hydrogen-bond acceptors (Lipinski definition) is 2. The highest BCUT2D eigenvalue weighted by molar-refractivity contribution is 5.93. The van der Waals surface area contributed by atoms with Gasteiger partial charge in [0.25, 0.3) is 0 Å². The van der Waals surface area contributed by atoms with Gasteiger partial charge in [-0.15, -0.1) is 0 Å². The van der Waals surface area contributed by atoms with Crippen molar-refractivity contribution in [2.75, 3.05) is 6.61 Å². The number of hydrogen-bond donors (Lipinski definition) is 0. The molecule has 0 fully saturated rings. The van der Waals surface area contributed by atoms with Crippen molar-refractivity contribution in [1.29, 1.82) is 0 Å². The minimum atomic E-state index is -0.307. The topological polar surface area (TPSA) is 26.3 Å². The molecular formula is C13H14O2. The number of rotatable bonds is 4. The summed E-state index contributed by atoms with van der Waals surface area (Å²) in [7, 11) is 0. The molecule has 0 aliphatic rings. The van der Waals surface area contributed by atoms with Crippen LogP contribution >= 0.6 is 0 Å². The van der Waals surface area contributed by atoms with Gasteiger partial charge in [0.2, 0.25) is 0 Å². The fourth-order valence-electron chi connectivity index (χ4n) is 1.11. The molecule has 15 heavy (non-hydrogen) atoms. The fraction of sp³-hybridized carbons (Fsp3) is 0.154. The summed E-state index contributed by atoms with van der Waals surface area (Å²) in [6.45, 7) is 5.46. The maximum atomic E-state index is 11.4. The van der Waals surface area contributed by atoms with Gasteiger partial charge < -0.3 is 4.74 Å². The van der Waals surface area contributed by atoms with E-state index in [2.05, 4.69) is 6.58 Å². The second kappa shape index (κ2) is 5.81. The Labute approximate surface area is 89.9 Å². The van der Waals surface area contributed by atoms with Gasteiger partial charge in [-0.05, 0) is 18.6 Å². The van der Waals surface area contributed by atoms with E-state index in [1.807, 2.05) is 30.3 Å². The van der Waals surface area contributed by atoms with Gasteiger partial charge in [-0.25, -0.2) is 4.79 Å². The third kappa shape index (κ3) is 3.81. The van der Waals surface area contributed by atoms with Crippen LogP contribution < -0.4 is 0 Å². The van der Waals surface area contributed by atoms with E-state index in [-0.39, 0.29) is 12.6 Å². The van der Waals surface area contributed by atoms with Crippen LogP contribution in [0.4, 0.5) is 0 Å². The number of carbonyl (C=O) groups excluding carboxylic acids is 1. The van der Waals surface area contributed by atoms with Crippen molar-refractivity contribution in [3.63, 3.8) is 0 Å². The second-order valence-electron chi connectivity index (χ2n) is 3.13. The Kier molecular flexibility index (Phi) is 4.35. The van der Waals surface area contributed by atoms with Crippen LogP contribution in [0.15, 0.2) is 48.6 Å².